The van der Waals surface area contributed by atoms with E-state index in [2.05, 4.69) is 46.1 Å². The summed E-state index contributed by atoms with van der Waals surface area (Å²) in [6, 6.07) is 9.84. The third-order valence-electron chi connectivity index (χ3n) is 13.7. The Labute approximate surface area is 351 Å². The SMILES string of the molecule is C=CCOC(=O)NC[C@@H]1Cc2c(oc3ccccc23)[C@@]2(CS[C@@H]3c4c(C)c(C)c5c(c4[C@H](COC2=O)N2[C@@H]3[C@H]3c4c(cc(C)c(OC)c4O)C[C@@H]([C@@H]2C#N)N3C)OCO5)N1. The second kappa shape index (κ2) is 14.4. The molecule has 1 aromatic heterocycles. The van der Waals surface area contributed by atoms with Crippen molar-refractivity contribution < 1.29 is 42.8 Å². The molecule has 7 aliphatic heterocycles. The molecular weight excluding hydrogens is 787 g/mol. The summed E-state index contributed by atoms with van der Waals surface area (Å²) >= 11 is 1.59. The van der Waals surface area contributed by atoms with Crippen LogP contribution in [0.2, 0.25) is 0 Å². The second-order valence-corrected chi connectivity index (χ2v) is 17.8. The number of nitrogens with one attached hydrogen (secondary N) is 2. The number of esters is 1. The number of fused-ring (bicyclic) bond motifs is 11. The van der Waals surface area contributed by atoms with Crippen molar-refractivity contribution in [2.24, 2.45) is 0 Å². The number of amides is 1. The fourth-order valence-corrected chi connectivity index (χ4v) is 12.8. The monoisotopic (exact) mass is 833 g/mol. The summed E-state index contributed by atoms with van der Waals surface area (Å²) in [5.41, 5.74) is 6.49. The van der Waals surface area contributed by atoms with Crippen LogP contribution in [0.25, 0.3) is 11.0 Å². The number of carbonyl (C=O) groups excluding carboxylic acids is 2. The number of aryl methyl sites for hydroxylation is 1. The van der Waals surface area contributed by atoms with Crippen molar-refractivity contribution in [3.63, 3.8) is 0 Å². The van der Waals surface area contributed by atoms with Gasteiger partial charge in [-0.15, -0.1) is 11.8 Å². The van der Waals surface area contributed by atoms with Gasteiger partial charge in [0, 0.05) is 57.7 Å². The van der Waals surface area contributed by atoms with Gasteiger partial charge in [-0.3, -0.25) is 15.1 Å². The number of ether oxygens (including phenoxy) is 5. The number of phenols is 1. The third kappa shape index (κ3) is 5.43. The number of phenolic OH excluding ortho intramolecular Hbond substituents is 1. The number of likely N-dealkylation sites (N-methyl/N-ethyl adjacent to an activating group) is 1. The van der Waals surface area contributed by atoms with Crippen molar-refractivity contribution >= 4 is 34.8 Å². The van der Waals surface area contributed by atoms with E-state index in [4.69, 9.17) is 28.1 Å². The predicted octanol–water partition coefficient (Wildman–Crippen LogP) is 5.68. The molecule has 3 aromatic carbocycles. The molecule has 4 bridgehead atoms. The van der Waals surface area contributed by atoms with Crippen LogP contribution >= 0.6 is 11.8 Å². The zero-order valence-corrected chi connectivity index (χ0v) is 34.9. The molecule has 1 spiro atoms. The lowest BCUT2D eigenvalue weighted by Crippen LogP contribution is -2.69. The first-order valence-corrected chi connectivity index (χ1v) is 21.4. The van der Waals surface area contributed by atoms with E-state index in [1.807, 2.05) is 45.2 Å². The molecule has 8 heterocycles. The van der Waals surface area contributed by atoms with Crippen LogP contribution in [0.4, 0.5) is 4.79 Å². The van der Waals surface area contributed by atoms with E-state index in [1.54, 1.807) is 18.9 Å². The summed E-state index contributed by atoms with van der Waals surface area (Å²) in [7, 11) is 3.61. The molecule has 8 atom stereocenters. The van der Waals surface area contributed by atoms with E-state index in [1.165, 1.54) is 6.08 Å². The summed E-state index contributed by atoms with van der Waals surface area (Å²) in [6.07, 6.45) is 1.91. The minimum atomic E-state index is -1.49. The summed E-state index contributed by atoms with van der Waals surface area (Å²) in [4.78, 5) is 32.4. The third-order valence-corrected chi connectivity index (χ3v) is 15.2. The standard InChI is InChI=1S/C45H47N5O9S/c1-7-12-55-44(53)47-17-25-15-27-26-10-8-9-11-31(26)59-42(27)45(48-25)19-60-41-32-22(3)23(4)39-40(58-20-57-39)34(32)30(18-56-43(45)52)50-29(16-46)28-14-24-13-21(2)38(54-6)37(51)33(24)35(36(41)50)49(28)5/h7-11,13,25,28-30,35-36,41,48,51H,1,12,14-15,17-20H2,2-6H3,(H,47,53)/t25-,28-,29-,30-,35+,36+,41+,45+/m0/s1. The first-order chi connectivity index (χ1) is 29.0. The normalized spacial score (nSPS) is 28.8. The first-order valence-electron chi connectivity index (χ1n) is 20.3. The smallest absolute Gasteiger partial charge is 0.407 e. The van der Waals surface area contributed by atoms with Gasteiger partial charge < -0.3 is 38.5 Å². The fraction of sp³-hybridized carbons (Fsp3) is 0.444. The van der Waals surface area contributed by atoms with Crippen LogP contribution in [0, 0.1) is 32.1 Å². The van der Waals surface area contributed by atoms with Gasteiger partial charge >= 0.3 is 12.1 Å². The number of nitrogens with zero attached hydrogens (tertiary/aromatic N) is 3. The van der Waals surface area contributed by atoms with Gasteiger partial charge in [0.2, 0.25) is 6.79 Å². The Kier molecular flexibility index (Phi) is 9.29. The number of hydrogen-bond acceptors (Lipinski definition) is 14. The summed E-state index contributed by atoms with van der Waals surface area (Å²) in [6.45, 7) is 9.87. The Morgan fingerprint density at radius 2 is 1.95 bits per heavy atom. The molecule has 7 aliphatic rings. The van der Waals surface area contributed by atoms with E-state index in [0.29, 0.717) is 41.4 Å². The molecule has 60 heavy (non-hydrogen) atoms. The van der Waals surface area contributed by atoms with Gasteiger partial charge in [-0.2, -0.15) is 5.26 Å². The number of furan rings is 1. The van der Waals surface area contributed by atoms with Crippen LogP contribution in [0.5, 0.6) is 23.0 Å². The largest absolute Gasteiger partial charge is 0.504 e. The summed E-state index contributed by atoms with van der Waals surface area (Å²) < 4.78 is 36.7. The van der Waals surface area contributed by atoms with Crippen molar-refractivity contribution in [3.8, 4) is 29.1 Å². The predicted molar refractivity (Wildman–Crippen MR) is 221 cm³/mol. The highest BCUT2D eigenvalue weighted by atomic mass is 32.2. The lowest BCUT2D eigenvalue weighted by Gasteiger charge is -2.62. The van der Waals surface area contributed by atoms with E-state index in [0.717, 1.165) is 49.9 Å². The number of methoxy groups -OCH3 is 1. The lowest BCUT2D eigenvalue weighted by atomic mass is 9.71. The molecule has 2 saturated heterocycles. The minimum absolute atomic E-state index is 0.0499. The van der Waals surface area contributed by atoms with Crippen LogP contribution in [0.1, 0.15) is 67.6 Å². The van der Waals surface area contributed by atoms with Crippen molar-refractivity contribution in [2.75, 3.05) is 46.5 Å². The fourth-order valence-electron chi connectivity index (χ4n) is 11.1. The highest BCUT2D eigenvalue weighted by Gasteiger charge is 2.62. The molecule has 0 radical (unpaired) electrons. The number of piperazine rings is 1. The Morgan fingerprint density at radius 3 is 2.73 bits per heavy atom. The Hall–Kier alpha value is -5.40. The minimum Gasteiger partial charge on any atom is -0.504 e. The maximum atomic E-state index is 15.2. The van der Waals surface area contributed by atoms with Crippen molar-refractivity contribution in [1.82, 2.24) is 20.4 Å². The molecule has 0 saturated carbocycles. The maximum absolute atomic E-state index is 15.2. The molecule has 11 rings (SSSR count). The molecule has 14 nitrogen and oxygen atoms in total. The molecule has 15 heteroatoms. The van der Waals surface area contributed by atoms with Gasteiger partial charge in [0.15, 0.2) is 28.5 Å². The van der Waals surface area contributed by atoms with E-state index in [-0.39, 0.29) is 55.4 Å². The van der Waals surface area contributed by atoms with Gasteiger partial charge in [0.1, 0.15) is 30.6 Å². The van der Waals surface area contributed by atoms with Crippen LogP contribution in [-0.2, 0) is 32.6 Å². The number of carbonyl (C=O) groups is 2. The van der Waals surface area contributed by atoms with Crippen molar-refractivity contribution in [3.05, 3.63) is 93.3 Å². The second-order valence-electron chi connectivity index (χ2n) is 16.7. The van der Waals surface area contributed by atoms with Crippen LogP contribution in [0.3, 0.4) is 0 Å². The molecule has 1 amide bonds. The molecule has 312 valence electrons. The summed E-state index contributed by atoms with van der Waals surface area (Å²) in [5, 5.41) is 30.4. The van der Waals surface area contributed by atoms with Gasteiger partial charge in [-0.1, -0.05) is 36.9 Å². The number of alkyl carbamates (subject to hydrolysis) is 1. The lowest BCUT2D eigenvalue weighted by molar-refractivity contribution is -0.158. The number of hydrogen-bond donors (Lipinski definition) is 3. The molecule has 0 unspecified atom stereocenters. The molecule has 3 N–H and O–H groups in total. The van der Waals surface area contributed by atoms with E-state index in [9.17, 15) is 15.2 Å². The van der Waals surface area contributed by atoms with Crippen LogP contribution < -0.4 is 24.8 Å². The number of rotatable bonds is 5. The average Bonchev–Trinajstić information content (AvgIpc) is 3.89. The Balaban J connectivity index is 1.18. The highest BCUT2D eigenvalue weighted by Crippen LogP contribution is 2.63. The van der Waals surface area contributed by atoms with Gasteiger partial charge in [-0.05, 0) is 74.5 Å². The molecule has 4 aromatic rings. The average molecular weight is 834 g/mol. The van der Waals surface area contributed by atoms with Gasteiger partial charge in [0.05, 0.1) is 25.3 Å². The number of para-hydroxylation sites is 1. The van der Waals surface area contributed by atoms with Gasteiger partial charge in [-0.25, -0.2) is 9.59 Å². The maximum Gasteiger partial charge on any atom is 0.407 e. The molecule has 2 fully saturated rings. The van der Waals surface area contributed by atoms with Crippen molar-refractivity contribution in [2.45, 2.75) is 80.7 Å². The summed E-state index contributed by atoms with van der Waals surface area (Å²) in [5.74, 6) is 1.91. The van der Waals surface area contributed by atoms with E-state index < -0.39 is 41.8 Å². The topological polar surface area (TPSA) is 168 Å². The van der Waals surface area contributed by atoms with Crippen LogP contribution in [-0.4, -0.2) is 97.6 Å². The number of nitriles is 1. The number of benzene rings is 3. The molecular formula is C45H47N5O9S. The first kappa shape index (κ1) is 38.8. The zero-order chi connectivity index (χ0) is 41.8. The zero-order valence-electron chi connectivity index (χ0n) is 34.1. The Morgan fingerprint density at radius 1 is 1.15 bits per heavy atom. The number of aromatic hydroxyl groups is 1. The molecule has 0 aliphatic carbocycles. The number of thioether (sulfide) groups is 1. The Bertz CT molecular complexity index is 2530. The van der Waals surface area contributed by atoms with Gasteiger partial charge in [0.25, 0.3) is 0 Å². The van der Waals surface area contributed by atoms with Crippen molar-refractivity contribution in [1.29, 1.82) is 5.26 Å². The van der Waals surface area contributed by atoms with Crippen LogP contribution in [0.15, 0.2) is 47.4 Å². The quantitative estimate of drug-likeness (QED) is 0.166. The highest BCUT2D eigenvalue weighted by molar-refractivity contribution is 7.99. The van der Waals surface area contributed by atoms with E-state index >= 15 is 4.79 Å².